The van der Waals surface area contributed by atoms with Gasteiger partial charge in [0.2, 0.25) is 0 Å². The van der Waals surface area contributed by atoms with Crippen molar-refractivity contribution in [1.29, 1.82) is 0 Å². The van der Waals surface area contributed by atoms with Crippen LogP contribution in [0, 0.1) is 0 Å². The standard InChI is InChI=1S/C51H30N4O2S/c1-3-12-31(13-4-1)49-52-50(32-14-5-2-6-15-32)54-51(53-49)41-18-11-20-43-48(41)40-27-24-34(29-45(40)57-43)55(33-22-25-37-36-16-7-9-19-42(36)56-44(37)28-33)35-23-26-39-38-17-8-10-21-46(38)58-47(39)30-35/h1-30H. The average Bonchev–Trinajstić information content (AvgIpc) is 3.97. The SMILES string of the molecule is c1ccc(-c2nc(-c3ccccc3)nc(-c3cccc4oc5cc(N(c6ccc7c(c6)oc6ccccc67)c6ccc7c(c6)sc6ccccc67)ccc5c34)n2)cc1. The van der Waals surface area contributed by atoms with E-state index in [1.54, 1.807) is 0 Å². The van der Waals surface area contributed by atoms with Crippen LogP contribution in [0.4, 0.5) is 17.1 Å². The highest BCUT2D eigenvalue weighted by molar-refractivity contribution is 7.25. The van der Waals surface area contributed by atoms with Crippen molar-refractivity contribution in [3.05, 3.63) is 182 Å². The van der Waals surface area contributed by atoms with E-state index in [2.05, 4.69) is 102 Å². The lowest BCUT2D eigenvalue weighted by Crippen LogP contribution is -2.09. The highest BCUT2D eigenvalue weighted by Crippen LogP contribution is 2.44. The van der Waals surface area contributed by atoms with Crippen LogP contribution in [0.25, 0.3) is 98.2 Å². The predicted molar refractivity (Wildman–Crippen MR) is 238 cm³/mol. The largest absolute Gasteiger partial charge is 0.456 e. The summed E-state index contributed by atoms with van der Waals surface area (Å²) in [7, 11) is 0. The molecule has 0 aliphatic carbocycles. The second-order valence-corrected chi connectivity index (χ2v) is 15.5. The summed E-state index contributed by atoms with van der Waals surface area (Å²) in [5.41, 5.74) is 8.94. The zero-order valence-corrected chi connectivity index (χ0v) is 31.7. The van der Waals surface area contributed by atoms with Gasteiger partial charge in [0.15, 0.2) is 17.5 Å². The number of fused-ring (bicyclic) bond motifs is 9. The monoisotopic (exact) mass is 762 g/mol. The van der Waals surface area contributed by atoms with Crippen LogP contribution in [0.2, 0.25) is 0 Å². The fourth-order valence-electron chi connectivity index (χ4n) is 8.22. The van der Waals surface area contributed by atoms with Gasteiger partial charge in [-0.15, -0.1) is 11.3 Å². The van der Waals surface area contributed by atoms with Gasteiger partial charge in [-0.2, -0.15) is 0 Å². The van der Waals surface area contributed by atoms with Crippen molar-refractivity contribution < 1.29 is 8.83 Å². The zero-order valence-electron chi connectivity index (χ0n) is 30.8. The van der Waals surface area contributed by atoms with Crippen molar-refractivity contribution in [3.63, 3.8) is 0 Å². The number of aromatic nitrogens is 3. The summed E-state index contributed by atoms with van der Waals surface area (Å²) in [5, 5.41) is 6.64. The number of para-hydroxylation sites is 1. The van der Waals surface area contributed by atoms with Gasteiger partial charge in [-0.25, -0.2) is 15.0 Å². The van der Waals surface area contributed by atoms with E-state index in [9.17, 15) is 0 Å². The first kappa shape index (κ1) is 32.6. The number of thiophene rings is 1. The lowest BCUT2D eigenvalue weighted by Gasteiger charge is -2.25. The number of benzene rings is 8. The Labute approximate surface area is 335 Å². The molecule has 0 aliphatic rings. The highest BCUT2D eigenvalue weighted by atomic mass is 32.1. The normalized spacial score (nSPS) is 11.8. The Bertz CT molecular complexity index is 3360. The maximum Gasteiger partial charge on any atom is 0.164 e. The van der Waals surface area contributed by atoms with E-state index in [-0.39, 0.29) is 0 Å². The minimum atomic E-state index is 0.586. The van der Waals surface area contributed by atoms with E-state index in [1.807, 2.05) is 96.3 Å². The summed E-state index contributed by atoms with van der Waals surface area (Å²) in [6.07, 6.45) is 0. The Morgan fingerprint density at radius 2 is 0.879 bits per heavy atom. The lowest BCUT2D eigenvalue weighted by molar-refractivity contribution is 0.669. The Kier molecular flexibility index (Phi) is 7.30. The van der Waals surface area contributed by atoms with E-state index in [1.165, 1.54) is 20.2 Å². The molecular formula is C51H30N4O2S. The average molecular weight is 763 g/mol. The molecule has 272 valence electrons. The number of hydrogen-bond acceptors (Lipinski definition) is 7. The molecule has 12 aromatic rings. The molecule has 0 N–H and O–H groups in total. The molecule has 0 radical (unpaired) electrons. The van der Waals surface area contributed by atoms with Gasteiger partial charge in [-0.1, -0.05) is 115 Å². The molecule has 0 atom stereocenters. The molecule has 4 aromatic heterocycles. The Morgan fingerprint density at radius 3 is 1.62 bits per heavy atom. The maximum absolute atomic E-state index is 6.71. The fraction of sp³-hybridized carbons (Fsp3) is 0. The van der Waals surface area contributed by atoms with Crippen LogP contribution in [0.1, 0.15) is 0 Å². The first-order valence-corrected chi connectivity index (χ1v) is 20.0. The van der Waals surface area contributed by atoms with Crippen molar-refractivity contribution in [3.8, 4) is 34.2 Å². The van der Waals surface area contributed by atoms with Crippen molar-refractivity contribution in [2.45, 2.75) is 0 Å². The third kappa shape index (κ3) is 5.29. The van der Waals surface area contributed by atoms with Crippen molar-refractivity contribution in [1.82, 2.24) is 15.0 Å². The van der Waals surface area contributed by atoms with E-state index >= 15 is 0 Å². The first-order valence-electron chi connectivity index (χ1n) is 19.2. The summed E-state index contributed by atoms with van der Waals surface area (Å²) in [4.78, 5) is 17.3. The number of rotatable bonds is 6. The van der Waals surface area contributed by atoms with Crippen LogP contribution in [0.15, 0.2) is 191 Å². The quantitative estimate of drug-likeness (QED) is 0.168. The van der Waals surface area contributed by atoms with Crippen LogP contribution < -0.4 is 4.90 Å². The van der Waals surface area contributed by atoms with Crippen molar-refractivity contribution in [2.75, 3.05) is 4.90 Å². The third-order valence-corrected chi connectivity index (χ3v) is 12.1. The fourth-order valence-corrected chi connectivity index (χ4v) is 9.36. The lowest BCUT2D eigenvalue weighted by atomic mass is 10.0. The molecule has 12 rings (SSSR count). The Hall–Kier alpha value is -7.61. The summed E-state index contributed by atoms with van der Waals surface area (Å²) in [5.74, 6) is 1.82. The van der Waals surface area contributed by atoms with Crippen molar-refractivity contribution in [2.24, 2.45) is 0 Å². The minimum Gasteiger partial charge on any atom is -0.456 e. The highest BCUT2D eigenvalue weighted by Gasteiger charge is 2.21. The molecule has 8 aromatic carbocycles. The number of furan rings is 2. The smallest absolute Gasteiger partial charge is 0.164 e. The molecule has 58 heavy (non-hydrogen) atoms. The molecule has 0 unspecified atom stereocenters. The predicted octanol–water partition coefficient (Wildman–Crippen LogP) is 14.5. The molecule has 0 bridgehead atoms. The Morgan fingerprint density at radius 1 is 0.362 bits per heavy atom. The third-order valence-electron chi connectivity index (χ3n) is 10.9. The molecular weight excluding hydrogens is 733 g/mol. The van der Waals surface area contributed by atoms with Gasteiger partial charge in [0.1, 0.15) is 22.3 Å². The van der Waals surface area contributed by atoms with Gasteiger partial charge < -0.3 is 13.7 Å². The van der Waals surface area contributed by atoms with E-state index in [0.29, 0.717) is 17.5 Å². The van der Waals surface area contributed by atoms with Crippen LogP contribution in [-0.4, -0.2) is 15.0 Å². The molecule has 0 saturated carbocycles. The number of hydrogen-bond donors (Lipinski definition) is 0. The van der Waals surface area contributed by atoms with Gasteiger partial charge >= 0.3 is 0 Å². The van der Waals surface area contributed by atoms with E-state index in [0.717, 1.165) is 77.6 Å². The van der Waals surface area contributed by atoms with Gasteiger partial charge in [-0.05, 0) is 54.6 Å². The minimum absolute atomic E-state index is 0.586. The van der Waals surface area contributed by atoms with Gasteiger partial charge in [0, 0.05) is 87.6 Å². The molecule has 0 amide bonds. The summed E-state index contributed by atoms with van der Waals surface area (Å²) < 4.78 is 15.6. The second-order valence-electron chi connectivity index (χ2n) is 14.4. The van der Waals surface area contributed by atoms with Crippen LogP contribution >= 0.6 is 11.3 Å². The maximum atomic E-state index is 6.71. The molecule has 0 saturated heterocycles. The van der Waals surface area contributed by atoms with Crippen LogP contribution in [0.5, 0.6) is 0 Å². The molecule has 7 heteroatoms. The first-order chi connectivity index (χ1) is 28.7. The summed E-state index contributed by atoms with van der Waals surface area (Å²) in [6, 6.07) is 62.7. The molecule has 6 nitrogen and oxygen atoms in total. The Balaban J connectivity index is 1.04. The van der Waals surface area contributed by atoms with Crippen molar-refractivity contribution >= 4 is 92.4 Å². The zero-order chi connectivity index (χ0) is 38.2. The van der Waals surface area contributed by atoms with E-state index < -0.39 is 0 Å². The number of nitrogens with zero attached hydrogens (tertiary/aromatic N) is 4. The number of anilines is 3. The van der Waals surface area contributed by atoms with Crippen LogP contribution in [-0.2, 0) is 0 Å². The molecule has 0 aliphatic heterocycles. The molecule has 0 spiro atoms. The molecule has 0 fully saturated rings. The second kappa shape index (κ2) is 13.0. The topological polar surface area (TPSA) is 68.2 Å². The van der Waals surface area contributed by atoms with Crippen LogP contribution in [0.3, 0.4) is 0 Å². The summed E-state index contributed by atoms with van der Waals surface area (Å²) >= 11 is 1.81. The van der Waals surface area contributed by atoms with Gasteiger partial charge in [0.05, 0.1) is 0 Å². The van der Waals surface area contributed by atoms with Gasteiger partial charge in [-0.3, -0.25) is 0 Å². The summed E-state index contributed by atoms with van der Waals surface area (Å²) in [6.45, 7) is 0. The van der Waals surface area contributed by atoms with E-state index in [4.69, 9.17) is 23.8 Å². The van der Waals surface area contributed by atoms with Gasteiger partial charge in [0.25, 0.3) is 0 Å². The molecule has 4 heterocycles.